The standard InChI is InChI=1S/C19H24N2O4/c1-19(2,3)25-15-11-16(17-20-9-10-23-17)21(12-15)18(22)24-13-14-7-5-4-6-8-14/h4-10,15-16H,11-13H2,1-3H3/t15-,16+/m1/s1. The van der Waals surface area contributed by atoms with E-state index >= 15 is 0 Å². The molecular formula is C19H24N2O4. The van der Waals surface area contributed by atoms with Gasteiger partial charge in [-0.15, -0.1) is 0 Å². The highest BCUT2D eigenvalue weighted by Crippen LogP contribution is 2.34. The van der Waals surface area contributed by atoms with Gasteiger partial charge in [-0.1, -0.05) is 30.3 Å². The molecule has 0 N–H and O–H groups in total. The predicted octanol–water partition coefficient (Wildman–Crippen LogP) is 3.94. The molecule has 6 heteroatoms. The van der Waals surface area contributed by atoms with Gasteiger partial charge in [-0.2, -0.15) is 0 Å². The maximum absolute atomic E-state index is 12.6. The van der Waals surface area contributed by atoms with Gasteiger partial charge in [0.25, 0.3) is 0 Å². The molecule has 0 aliphatic carbocycles. The van der Waals surface area contributed by atoms with E-state index in [0.717, 1.165) is 5.56 Å². The Bertz CT molecular complexity index is 679. The second-order valence-corrected chi connectivity index (χ2v) is 7.17. The molecule has 134 valence electrons. The number of benzene rings is 1. The average molecular weight is 344 g/mol. The highest BCUT2D eigenvalue weighted by atomic mass is 16.6. The van der Waals surface area contributed by atoms with Crippen LogP contribution < -0.4 is 0 Å². The predicted molar refractivity (Wildman–Crippen MR) is 91.8 cm³/mol. The number of ether oxygens (including phenoxy) is 2. The highest BCUT2D eigenvalue weighted by molar-refractivity contribution is 5.68. The topological polar surface area (TPSA) is 64.8 Å². The molecular weight excluding hydrogens is 320 g/mol. The average Bonchev–Trinajstić information content (AvgIpc) is 3.21. The van der Waals surface area contributed by atoms with Crippen molar-refractivity contribution >= 4 is 6.09 Å². The summed E-state index contributed by atoms with van der Waals surface area (Å²) in [6.07, 6.45) is 3.27. The van der Waals surface area contributed by atoms with Gasteiger partial charge in [0.1, 0.15) is 18.9 Å². The van der Waals surface area contributed by atoms with Gasteiger partial charge in [-0.3, -0.25) is 4.90 Å². The van der Waals surface area contributed by atoms with Crippen LogP contribution in [0.25, 0.3) is 0 Å². The molecule has 0 saturated carbocycles. The third kappa shape index (κ3) is 4.60. The number of oxazole rings is 1. The van der Waals surface area contributed by atoms with E-state index in [1.54, 1.807) is 11.1 Å². The Morgan fingerprint density at radius 1 is 1.32 bits per heavy atom. The molecule has 3 rings (SSSR count). The van der Waals surface area contributed by atoms with E-state index in [1.165, 1.54) is 6.26 Å². The van der Waals surface area contributed by atoms with Crippen LogP contribution in [0.3, 0.4) is 0 Å². The number of nitrogens with zero attached hydrogens (tertiary/aromatic N) is 2. The molecule has 25 heavy (non-hydrogen) atoms. The molecule has 0 bridgehead atoms. The van der Waals surface area contributed by atoms with E-state index in [1.807, 2.05) is 51.1 Å². The van der Waals surface area contributed by atoms with Gasteiger partial charge >= 0.3 is 6.09 Å². The molecule has 2 atom stereocenters. The number of likely N-dealkylation sites (tertiary alicyclic amines) is 1. The van der Waals surface area contributed by atoms with Crippen molar-refractivity contribution in [2.24, 2.45) is 0 Å². The number of hydrogen-bond acceptors (Lipinski definition) is 5. The summed E-state index contributed by atoms with van der Waals surface area (Å²) < 4.78 is 17.0. The van der Waals surface area contributed by atoms with Gasteiger partial charge in [0, 0.05) is 6.42 Å². The second kappa shape index (κ2) is 7.27. The molecule has 2 heterocycles. The Morgan fingerprint density at radius 3 is 2.72 bits per heavy atom. The maximum atomic E-state index is 12.6. The van der Waals surface area contributed by atoms with E-state index in [2.05, 4.69) is 4.98 Å². The van der Waals surface area contributed by atoms with Crippen molar-refractivity contribution in [2.45, 2.75) is 51.5 Å². The van der Waals surface area contributed by atoms with Crippen molar-refractivity contribution in [1.29, 1.82) is 0 Å². The first-order valence-corrected chi connectivity index (χ1v) is 8.47. The zero-order valence-corrected chi connectivity index (χ0v) is 14.8. The van der Waals surface area contributed by atoms with Gasteiger partial charge in [-0.25, -0.2) is 9.78 Å². The molecule has 1 fully saturated rings. The first-order valence-electron chi connectivity index (χ1n) is 8.47. The van der Waals surface area contributed by atoms with E-state index in [9.17, 15) is 4.79 Å². The van der Waals surface area contributed by atoms with Gasteiger partial charge < -0.3 is 13.9 Å². The van der Waals surface area contributed by atoms with Crippen LogP contribution in [0.4, 0.5) is 4.79 Å². The summed E-state index contributed by atoms with van der Waals surface area (Å²) in [5.74, 6) is 0.511. The van der Waals surface area contributed by atoms with E-state index in [-0.39, 0.29) is 30.4 Å². The highest BCUT2D eigenvalue weighted by Gasteiger charge is 2.41. The Hall–Kier alpha value is -2.34. The number of hydrogen-bond donors (Lipinski definition) is 0. The van der Waals surface area contributed by atoms with Crippen LogP contribution in [-0.4, -0.2) is 34.2 Å². The van der Waals surface area contributed by atoms with Crippen molar-refractivity contribution in [3.8, 4) is 0 Å². The quantitative estimate of drug-likeness (QED) is 0.840. The van der Waals surface area contributed by atoms with Crippen LogP contribution in [0.2, 0.25) is 0 Å². The second-order valence-electron chi connectivity index (χ2n) is 7.17. The van der Waals surface area contributed by atoms with E-state index in [0.29, 0.717) is 18.9 Å². The lowest BCUT2D eigenvalue weighted by Crippen LogP contribution is -2.34. The zero-order chi connectivity index (χ0) is 17.9. The lowest BCUT2D eigenvalue weighted by atomic mass is 10.1. The summed E-state index contributed by atoms with van der Waals surface area (Å²) in [4.78, 5) is 18.5. The van der Waals surface area contributed by atoms with Gasteiger partial charge in [0.05, 0.1) is 24.4 Å². The largest absolute Gasteiger partial charge is 0.447 e. The van der Waals surface area contributed by atoms with E-state index < -0.39 is 0 Å². The Kier molecular flexibility index (Phi) is 5.08. The molecule has 0 spiro atoms. The van der Waals surface area contributed by atoms with Crippen LogP contribution in [-0.2, 0) is 16.1 Å². The number of amides is 1. The van der Waals surface area contributed by atoms with Crippen molar-refractivity contribution < 1.29 is 18.7 Å². The van der Waals surface area contributed by atoms with E-state index in [4.69, 9.17) is 13.9 Å². The Labute approximate surface area is 147 Å². The molecule has 6 nitrogen and oxygen atoms in total. The first-order chi connectivity index (χ1) is 11.9. The van der Waals surface area contributed by atoms with Crippen molar-refractivity contribution in [3.63, 3.8) is 0 Å². The third-order valence-corrected chi connectivity index (χ3v) is 3.96. The van der Waals surface area contributed by atoms with Crippen LogP contribution in [0.5, 0.6) is 0 Å². The molecule has 1 aliphatic heterocycles. The van der Waals surface area contributed by atoms with Crippen molar-refractivity contribution in [1.82, 2.24) is 9.88 Å². The number of carbonyl (C=O) groups is 1. The first kappa shape index (κ1) is 17.5. The van der Waals surface area contributed by atoms with Crippen LogP contribution in [0.1, 0.15) is 44.7 Å². The molecule has 1 saturated heterocycles. The zero-order valence-electron chi connectivity index (χ0n) is 14.8. The fourth-order valence-corrected chi connectivity index (χ4v) is 3.02. The van der Waals surface area contributed by atoms with Crippen LogP contribution in [0.15, 0.2) is 47.2 Å². The summed E-state index contributed by atoms with van der Waals surface area (Å²) in [5, 5.41) is 0. The van der Waals surface area contributed by atoms with Crippen LogP contribution >= 0.6 is 0 Å². The molecule has 1 amide bonds. The lowest BCUT2D eigenvalue weighted by Gasteiger charge is -2.24. The summed E-state index contributed by atoms with van der Waals surface area (Å²) in [5.41, 5.74) is 0.667. The minimum absolute atomic E-state index is 0.0822. The summed E-state index contributed by atoms with van der Waals surface area (Å²) in [6, 6.07) is 9.34. The number of carbonyl (C=O) groups excluding carboxylic acids is 1. The Balaban J connectivity index is 1.68. The molecule has 0 unspecified atom stereocenters. The fraction of sp³-hybridized carbons (Fsp3) is 0.474. The maximum Gasteiger partial charge on any atom is 0.410 e. The molecule has 2 aromatic rings. The molecule has 1 aliphatic rings. The van der Waals surface area contributed by atoms with Gasteiger partial charge in [-0.05, 0) is 26.3 Å². The van der Waals surface area contributed by atoms with Gasteiger partial charge in [0.15, 0.2) is 0 Å². The Morgan fingerprint density at radius 2 is 2.08 bits per heavy atom. The SMILES string of the molecule is CC(C)(C)O[C@@H]1C[C@@H](c2ncco2)N(C(=O)OCc2ccccc2)C1. The normalized spacial score (nSPS) is 20.7. The number of rotatable bonds is 4. The smallest absolute Gasteiger partial charge is 0.410 e. The van der Waals surface area contributed by atoms with Crippen LogP contribution in [0, 0.1) is 0 Å². The minimum atomic E-state index is -0.382. The number of aromatic nitrogens is 1. The minimum Gasteiger partial charge on any atom is -0.447 e. The summed E-state index contributed by atoms with van der Waals surface area (Å²) in [7, 11) is 0. The van der Waals surface area contributed by atoms with Gasteiger partial charge in [0.2, 0.25) is 5.89 Å². The fourth-order valence-electron chi connectivity index (χ4n) is 3.02. The summed E-state index contributed by atoms with van der Waals surface area (Å²) in [6.45, 7) is 6.70. The van der Waals surface area contributed by atoms with Crippen molar-refractivity contribution in [2.75, 3.05) is 6.54 Å². The monoisotopic (exact) mass is 344 g/mol. The van der Waals surface area contributed by atoms with Crippen molar-refractivity contribution in [3.05, 3.63) is 54.2 Å². The lowest BCUT2D eigenvalue weighted by molar-refractivity contribution is -0.0540. The summed E-state index contributed by atoms with van der Waals surface area (Å²) >= 11 is 0. The molecule has 0 radical (unpaired) electrons. The molecule has 1 aromatic heterocycles. The third-order valence-electron chi connectivity index (χ3n) is 3.96. The molecule has 1 aromatic carbocycles.